The lowest BCUT2D eigenvalue weighted by molar-refractivity contribution is -0.130. The number of benzene rings is 1. The summed E-state index contributed by atoms with van der Waals surface area (Å²) in [6.45, 7) is 1.68. The van der Waals surface area contributed by atoms with E-state index in [1.54, 1.807) is 19.1 Å². The van der Waals surface area contributed by atoms with Crippen molar-refractivity contribution in [2.75, 3.05) is 23.5 Å². The SMILES string of the molecule is Cc1ccc(NC(=O)CN2CSCC2=O)cc1C(=O)O. The van der Waals surface area contributed by atoms with Crippen LogP contribution in [0.15, 0.2) is 18.2 Å². The molecule has 6 nitrogen and oxygen atoms in total. The number of carbonyl (C=O) groups excluding carboxylic acids is 2. The quantitative estimate of drug-likeness (QED) is 0.870. The summed E-state index contributed by atoms with van der Waals surface area (Å²) in [5.74, 6) is -0.507. The van der Waals surface area contributed by atoms with E-state index >= 15 is 0 Å². The molecule has 0 bridgehead atoms. The van der Waals surface area contributed by atoms with Crippen LogP contribution in [-0.4, -0.2) is 46.0 Å². The molecule has 2 rings (SSSR count). The van der Waals surface area contributed by atoms with Gasteiger partial charge in [0.05, 0.1) is 17.2 Å². The number of aryl methyl sites for hydroxylation is 1. The molecule has 1 saturated heterocycles. The predicted octanol–water partition coefficient (Wildman–Crippen LogP) is 1.16. The summed E-state index contributed by atoms with van der Waals surface area (Å²) in [7, 11) is 0. The summed E-state index contributed by atoms with van der Waals surface area (Å²) < 4.78 is 0. The van der Waals surface area contributed by atoms with Crippen LogP contribution >= 0.6 is 11.8 Å². The van der Waals surface area contributed by atoms with Gasteiger partial charge in [-0.3, -0.25) is 9.59 Å². The van der Waals surface area contributed by atoms with Gasteiger partial charge in [-0.15, -0.1) is 11.8 Å². The van der Waals surface area contributed by atoms with Crippen LogP contribution in [0.1, 0.15) is 15.9 Å². The van der Waals surface area contributed by atoms with Crippen molar-refractivity contribution in [2.24, 2.45) is 0 Å². The molecule has 0 aliphatic carbocycles. The van der Waals surface area contributed by atoms with Gasteiger partial charge >= 0.3 is 5.97 Å². The van der Waals surface area contributed by atoms with Crippen LogP contribution in [0.4, 0.5) is 5.69 Å². The second-order valence-electron chi connectivity index (χ2n) is 4.45. The van der Waals surface area contributed by atoms with E-state index in [1.807, 2.05) is 0 Å². The lowest BCUT2D eigenvalue weighted by Gasteiger charge is -2.14. The second-order valence-corrected chi connectivity index (χ2v) is 5.41. The Labute approximate surface area is 120 Å². The van der Waals surface area contributed by atoms with Crippen molar-refractivity contribution in [3.8, 4) is 0 Å². The van der Waals surface area contributed by atoms with Crippen LogP contribution in [-0.2, 0) is 9.59 Å². The first-order chi connectivity index (χ1) is 9.47. The van der Waals surface area contributed by atoms with Crippen molar-refractivity contribution in [3.05, 3.63) is 29.3 Å². The molecule has 0 unspecified atom stereocenters. The Morgan fingerprint density at radius 1 is 1.45 bits per heavy atom. The first-order valence-corrected chi connectivity index (χ1v) is 7.12. The number of carbonyl (C=O) groups is 3. The van der Waals surface area contributed by atoms with Crippen LogP contribution in [0.2, 0.25) is 0 Å². The third kappa shape index (κ3) is 3.30. The largest absolute Gasteiger partial charge is 0.478 e. The van der Waals surface area contributed by atoms with E-state index in [2.05, 4.69) is 5.32 Å². The Kier molecular flexibility index (Phi) is 4.29. The van der Waals surface area contributed by atoms with Gasteiger partial charge in [0.1, 0.15) is 6.54 Å². The number of thioether (sulfide) groups is 1. The summed E-state index contributed by atoms with van der Waals surface area (Å²) >= 11 is 1.47. The summed E-state index contributed by atoms with van der Waals surface area (Å²) in [6, 6.07) is 4.69. The van der Waals surface area contributed by atoms with Gasteiger partial charge in [-0.05, 0) is 24.6 Å². The molecule has 1 heterocycles. The van der Waals surface area contributed by atoms with Gasteiger partial charge in [0.15, 0.2) is 0 Å². The van der Waals surface area contributed by atoms with Crippen LogP contribution in [0.3, 0.4) is 0 Å². The van der Waals surface area contributed by atoms with Crippen LogP contribution < -0.4 is 5.32 Å². The molecule has 0 saturated carbocycles. The third-order valence-corrected chi connectivity index (χ3v) is 3.86. The number of amides is 2. The molecule has 1 aromatic rings. The van der Waals surface area contributed by atoms with Crippen LogP contribution in [0.25, 0.3) is 0 Å². The average Bonchev–Trinajstić information content (AvgIpc) is 2.77. The smallest absolute Gasteiger partial charge is 0.336 e. The molecule has 0 radical (unpaired) electrons. The number of carboxylic acids is 1. The summed E-state index contributed by atoms with van der Waals surface area (Å²) in [5.41, 5.74) is 1.19. The molecule has 1 aliphatic rings. The topological polar surface area (TPSA) is 86.7 Å². The lowest BCUT2D eigenvalue weighted by Crippen LogP contribution is -2.34. The number of rotatable bonds is 4. The highest BCUT2D eigenvalue weighted by molar-refractivity contribution is 8.00. The molecule has 106 valence electrons. The molecule has 0 aromatic heterocycles. The number of hydrogen-bond acceptors (Lipinski definition) is 4. The van der Waals surface area contributed by atoms with Gasteiger partial charge < -0.3 is 15.3 Å². The number of hydrogen-bond donors (Lipinski definition) is 2. The molecule has 0 spiro atoms. The van der Waals surface area contributed by atoms with E-state index in [0.717, 1.165) is 0 Å². The van der Waals surface area contributed by atoms with Crippen molar-refractivity contribution in [1.82, 2.24) is 4.90 Å². The standard InChI is InChI=1S/C13H14N2O4S/c1-8-2-3-9(4-10(8)13(18)19)14-11(16)5-15-7-20-6-12(15)17/h2-4H,5-7H2,1H3,(H,14,16)(H,18,19). The zero-order valence-electron chi connectivity index (χ0n) is 10.9. The number of aromatic carboxylic acids is 1. The maximum atomic E-state index is 11.8. The molecular formula is C13H14N2O4S. The fourth-order valence-corrected chi connectivity index (χ4v) is 2.75. The summed E-state index contributed by atoms with van der Waals surface area (Å²) in [6.07, 6.45) is 0. The Hall–Kier alpha value is -2.02. The summed E-state index contributed by atoms with van der Waals surface area (Å²) in [4.78, 5) is 35.7. The Morgan fingerprint density at radius 2 is 2.20 bits per heavy atom. The number of carboxylic acid groups (broad SMARTS) is 1. The van der Waals surface area contributed by atoms with Gasteiger partial charge in [-0.25, -0.2) is 4.79 Å². The molecule has 7 heteroatoms. The second kappa shape index (κ2) is 5.96. The third-order valence-electron chi connectivity index (χ3n) is 2.91. The van der Waals surface area contributed by atoms with Gasteiger partial charge in [0.25, 0.3) is 0 Å². The minimum atomic E-state index is -1.04. The number of nitrogens with zero attached hydrogens (tertiary/aromatic N) is 1. The van der Waals surface area contributed by atoms with Crippen LogP contribution in [0, 0.1) is 6.92 Å². The zero-order valence-corrected chi connectivity index (χ0v) is 11.7. The Bertz CT molecular complexity index is 573. The molecule has 2 amide bonds. The van der Waals surface area contributed by atoms with E-state index in [4.69, 9.17) is 5.11 Å². The monoisotopic (exact) mass is 294 g/mol. The molecule has 1 aliphatic heterocycles. The predicted molar refractivity (Wildman–Crippen MR) is 75.8 cm³/mol. The van der Waals surface area contributed by atoms with Gasteiger partial charge in [0.2, 0.25) is 11.8 Å². The van der Waals surface area contributed by atoms with Crippen molar-refractivity contribution >= 4 is 35.2 Å². The van der Waals surface area contributed by atoms with Crippen LogP contribution in [0.5, 0.6) is 0 Å². The molecule has 1 aromatic carbocycles. The van der Waals surface area contributed by atoms with E-state index in [1.165, 1.54) is 22.7 Å². The fourth-order valence-electron chi connectivity index (χ4n) is 1.84. The van der Waals surface area contributed by atoms with Crippen molar-refractivity contribution in [1.29, 1.82) is 0 Å². The first kappa shape index (κ1) is 14.4. The maximum absolute atomic E-state index is 11.8. The number of anilines is 1. The van der Waals surface area contributed by atoms with Crippen molar-refractivity contribution in [2.45, 2.75) is 6.92 Å². The zero-order chi connectivity index (χ0) is 14.7. The highest BCUT2D eigenvalue weighted by atomic mass is 32.2. The molecule has 1 fully saturated rings. The Balaban J connectivity index is 2.02. The van der Waals surface area contributed by atoms with E-state index < -0.39 is 5.97 Å². The lowest BCUT2D eigenvalue weighted by atomic mass is 10.1. The summed E-state index contributed by atoms with van der Waals surface area (Å²) in [5, 5.41) is 11.6. The fraction of sp³-hybridized carbons (Fsp3) is 0.308. The molecule has 0 atom stereocenters. The average molecular weight is 294 g/mol. The van der Waals surface area contributed by atoms with Crippen molar-refractivity contribution in [3.63, 3.8) is 0 Å². The first-order valence-electron chi connectivity index (χ1n) is 5.96. The number of nitrogens with one attached hydrogen (secondary N) is 1. The molecule has 20 heavy (non-hydrogen) atoms. The van der Waals surface area contributed by atoms with E-state index in [9.17, 15) is 14.4 Å². The minimum Gasteiger partial charge on any atom is -0.478 e. The van der Waals surface area contributed by atoms with Gasteiger partial charge in [0, 0.05) is 5.69 Å². The van der Waals surface area contributed by atoms with Gasteiger partial charge in [-0.2, -0.15) is 0 Å². The maximum Gasteiger partial charge on any atom is 0.336 e. The van der Waals surface area contributed by atoms with E-state index in [-0.39, 0.29) is 23.9 Å². The van der Waals surface area contributed by atoms with Crippen molar-refractivity contribution < 1.29 is 19.5 Å². The highest BCUT2D eigenvalue weighted by Crippen LogP contribution is 2.17. The molecular weight excluding hydrogens is 280 g/mol. The highest BCUT2D eigenvalue weighted by Gasteiger charge is 2.22. The van der Waals surface area contributed by atoms with Gasteiger partial charge in [-0.1, -0.05) is 6.07 Å². The minimum absolute atomic E-state index is 0.0118. The van der Waals surface area contributed by atoms with E-state index in [0.29, 0.717) is 22.9 Å². The Morgan fingerprint density at radius 3 is 2.80 bits per heavy atom. The molecule has 2 N–H and O–H groups in total. The normalized spacial score (nSPS) is 14.4.